The Morgan fingerprint density at radius 3 is 2.43 bits per heavy atom. The lowest BCUT2D eigenvalue weighted by Crippen LogP contribution is -2.49. The highest BCUT2D eigenvalue weighted by Gasteiger charge is 2.38. The van der Waals surface area contributed by atoms with Crippen molar-refractivity contribution >= 4 is 33.1 Å². The van der Waals surface area contributed by atoms with Crippen molar-refractivity contribution < 1.29 is 13.2 Å². The molecule has 0 atom stereocenters. The number of aromatic nitrogens is 1. The Bertz CT molecular complexity index is 1160. The number of hydrogen-bond donors (Lipinski definition) is 0. The zero-order chi connectivity index (χ0) is 21.3. The van der Waals surface area contributed by atoms with Gasteiger partial charge in [0.05, 0.1) is 13.2 Å². The third-order valence-corrected chi connectivity index (χ3v) is 6.90. The number of rotatable bonds is 4. The highest BCUT2D eigenvalue weighted by molar-refractivity contribution is 7.89. The van der Waals surface area contributed by atoms with E-state index in [0.717, 1.165) is 11.3 Å². The minimum absolute atomic E-state index is 0.00375. The predicted octanol–water partition coefficient (Wildman–Crippen LogP) is 3.15. The summed E-state index contributed by atoms with van der Waals surface area (Å²) >= 11 is 0. The molecule has 0 spiro atoms. The lowest BCUT2D eigenvalue weighted by atomic mass is 10.2. The summed E-state index contributed by atoms with van der Waals surface area (Å²) in [7, 11) is -2.22. The van der Waals surface area contributed by atoms with E-state index in [1.54, 1.807) is 31.4 Å². The van der Waals surface area contributed by atoms with Crippen LogP contribution in [0.25, 0.3) is 0 Å². The smallest absolute Gasteiger partial charge is 0.248 e. The summed E-state index contributed by atoms with van der Waals surface area (Å²) < 4.78 is 27.6. The molecule has 0 saturated carbocycles. The molecule has 3 aromatic rings. The van der Waals surface area contributed by atoms with Crippen LogP contribution in [0.4, 0.5) is 17.2 Å². The largest absolute Gasteiger partial charge is 0.314 e. The van der Waals surface area contributed by atoms with Crippen LogP contribution in [0, 0.1) is 6.92 Å². The Balaban J connectivity index is 1.68. The first kappa shape index (κ1) is 20.1. The first-order valence-corrected chi connectivity index (χ1v) is 10.9. The lowest BCUT2D eigenvalue weighted by Gasteiger charge is -2.36. The third kappa shape index (κ3) is 3.67. The molecule has 0 bridgehead atoms. The molecule has 8 heteroatoms. The zero-order valence-corrected chi connectivity index (χ0v) is 17.6. The van der Waals surface area contributed by atoms with Crippen LogP contribution in [0.5, 0.6) is 0 Å². The number of amides is 1. The second kappa shape index (κ2) is 7.89. The Morgan fingerprint density at radius 1 is 1.03 bits per heavy atom. The van der Waals surface area contributed by atoms with Gasteiger partial charge in [0.2, 0.25) is 15.9 Å². The first-order valence-electron chi connectivity index (χ1n) is 9.49. The van der Waals surface area contributed by atoms with Gasteiger partial charge in [-0.05, 0) is 43.3 Å². The number of anilines is 3. The highest BCUT2D eigenvalue weighted by atomic mass is 32.2. The molecule has 0 N–H and O–H groups in total. The Hall–Kier alpha value is -3.23. The minimum atomic E-state index is -3.86. The molecule has 0 aliphatic carbocycles. The van der Waals surface area contributed by atoms with Gasteiger partial charge in [-0.25, -0.2) is 13.4 Å². The fraction of sp³-hybridized carbons (Fsp3) is 0.182. The molecule has 7 nitrogen and oxygen atoms in total. The van der Waals surface area contributed by atoms with Crippen molar-refractivity contribution in [3.8, 4) is 0 Å². The average Bonchev–Trinajstić information content (AvgIpc) is 2.76. The molecular weight excluding hydrogens is 400 g/mol. The van der Waals surface area contributed by atoms with Crippen LogP contribution in [0.2, 0.25) is 0 Å². The number of fused-ring (bicyclic) bond motifs is 1. The van der Waals surface area contributed by atoms with E-state index in [4.69, 9.17) is 0 Å². The van der Waals surface area contributed by atoms with Gasteiger partial charge in [-0.1, -0.05) is 35.9 Å². The molecule has 0 fully saturated rings. The number of aryl methyl sites for hydroxylation is 1. The molecule has 1 amide bonds. The summed E-state index contributed by atoms with van der Waals surface area (Å²) in [5, 5.41) is 0. The van der Waals surface area contributed by atoms with Gasteiger partial charge in [0.15, 0.2) is 5.82 Å². The topological polar surface area (TPSA) is 73.8 Å². The molecule has 30 heavy (non-hydrogen) atoms. The van der Waals surface area contributed by atoms with E-state index in [0.29, 0.717) is 11.5 Å². The Kier molecular flexibility index (Phi) is 5.27. The van der Waals surface area contributed by atoms with Crippen molar-refractivity contribution in [1.29, 1.82) is 0 Å². The van der Waals surface area contributed by atoms with Crippen LogP contribution in [0.15, 0.2) is 77.8 Å². The van der Waals surface area contributed by atoms with Crippen LogP contribution in [0.1, 0.15) is 5.56 Å². The normalized spacial score (nSPS) is 15.5. The maximum atomic E-state index is 13.2. The zero-order valence-electron chi connectivity index (χ0n) is 16.8. The second-order valence-electron chi connectivity index (χ2n) is 7.13. The first-order chi connectivity index (χ1) is 14.4. The number of hydrogen-bond acceptors (Lipinski definition) is 5. The number of carbonyl (C=O) groups excluding carboxylic acids is 1. The molecular formula is C22H22N4O3S. The van der Waals surface area contributed by atoms with E-state index in [9.17, 15) is 13.2 Å². The van der Waals surface area contributed by atoms with E-state index >= 15 is 0 Å². The van der Waals surface area contributed by atoms with Crippen molar-refractivity contribution in [3.05, 3.63) is 78.5 Å². The van der Waals surface area contributed by atoms with Gasteiger partial charge >= 0.3 is 0 Å². The van der Waals surface area contributed by atoms with Crippen molar-refractivity contribution in [3.63, 3.8) is 0 Å². The van der Waals surface area contributed by atoms with Crippen molar-refractivity contribution in [2.24, 2.45) is 0 Å². The maximum Gasteiger partial charge on any atom is 0.248 e. The SMILES string of the molecule is Cc1ccc(N2CN(CC(=O)N(C)c3ccccc3)S(=O)(=O)c3cccnc32)cc1. The van der Waals surface area contributed by atoms with Crippen LogP contribution in [-0.2, 0) is 14.8 Å². The third-order valence-electron chi connectivity index (χ3n) is 5.10. The number of sulfonamides is 1. The van der Waals surface area contributed by atoms with E-state index in [1.165, 1.54) is 15.3 Å². The Morgan fingerprint density at radius 2 is 1.73 bits per heavy atom. The summed E-state index contributed by atoms with van der Waals surface area (Å²) in [6.07, 6.45) is 1.57. The van der Waals surface area contributed by atoms with Gasteiger partial charge < -0.3 is 9.80 Å². The van der Waals surface area contributed by atoms with Gasteiger partial charge in [0.25, 0.3) is 0 Å². The highest BCUT2D eigenvalue weighted by Crippen LogP contribution is 2.36. The van der Waals surface area contributed by atoms with Crippen LogP contribution >= 0.6 is 0 Å². The number of nitrogens with zero attached hydrogens (tertiary/aromatic N) is 4. The molecule has 0 radical (unpaired) electrons. The summed E-state index contributed by atoms with van der Waals surface area (Å²) in [6, 6.07) is 20.0. The van der Waals surface area contributed by atoms with Gasteiger partial charge in [-0.3, -0.25) is 4.79 Å². The van der Waals surface area contributed by atoms with Crippen LogP contribution < -0.4 is 9.80 Å². The number of para-hydroxylation sites is 1. The fourth-order valence-electron chi connectivity index (χ4n) is 3.34. The lowest BCUT2D eigenvalue weighted by molar-refractivity contribution is -0.118. The molecule has 0 unspecified atom stereocenters. The summed E-state index contributed by atoms with van der Waals surface area (Å²) in [5.41, 5.74) is 2.61. The number of likely N-dealkylation sites (N-methyl/N-ethyl adjacent to an activating group) is 1. The molecule has 154 valence electrons. The molecule has 2 aromatic carbocycles. The number of benzene rings is 2. The predicted molar refractivity (Wildman–Crippen MR) is 116 cm³/mol. The van der Waals surface area contributed by atoms with Crippen molar-refractivity contribution in [1.82, 2.24) is 9.29 Å². The molecule has 0 saturated heterocycles. The molecule has 1 aromatic heterocycles. The standard InChI is InChI=1S/C22H22N4O3S/c1-17-10-12-19(13-11-17)26-16-25(30(28,29)20-9-6-14-23-22(20)26)15-21(27)24(2)18-7-4-3-5-8-18/h3-14H,15-16H2,1-2H3. The minimum Gasteiger partial charge on any atom is -0.314 e. The summed E-state index contributed by atoms with van der Waals surface area (Å²) in [6.45, 7) is 1.72. The van der Waals surface area contributed by atoms with Crippen molar-refractivity contribution in [2.75, 3.05) is 30.1 Å². The molecule has 1 aliphatic heterocycles. The number of pyridine rings is 1. The monoisotopic (exact) mass is 422 g/mol. The molecule has 2 heterocycles. The van der Waals surface area contributed by atoms with Crippen LogP contribution in [-0.4, -0.2) is 43.9 Å². The second-order valence-corrected chi connectivity index (χ2v) is 9.04. The summed E-state index contributed by atoms with van der Waals surface area (Å²) in [4.78, 5) is 20.6. The van der Waals surface area contributed by atoms with Gasteiger partial charge in [-0.2, -0.15) is 4.31 Å². The maximum absolute atomic E-state index is 13.2. The quantitative estimate of drug-likeness (QED) is 0.646. The molecule has 4 rings (SSSR count). The van der Waals surface area contributed by atoms with Gasteiger partial charge in [0.1, 0.15) is 4.90 Å². The number of carbonyl (C=O) groups is 1. The molecule has 1 aliphatic rings. The van der Waals surface area contributed by atoms with E-state index in [2.05, 4.69) is 4.98 Å². The van der Waals surface area contributed by atoms with Crippen molar-refractivity contribution in [2.45, 2.75) is 11.8 Å². The van der Waals surface area contributed by atoms with Gasteiger partial charge in [-0.15, -0.1) is 0 Å². The fourth-order valence-corrected chi connectivity index (χ4v) is 4.81. The Labute approximate surface area is 176 Å². The van der Waals surface area contributed by atoms with E-state index in [-0.39, 0.29) is 24.0 Å². The van der Waals surface area contributed by atoms with E-state index < -0.39 is 10.0 Å². The van der Waals surface area contributed by atoms with E-state index in [1.807, 2.05) is 54.3 Å². The van der Waals surface area contributed by atoms with Crippen LogP contribution in [0.3, 0.4) is 0 Å². The van der Waals surface area contributed by atoms with Gasteiger partial charge in [0, 0.05) is 24.6 Å². The average molecular weight is 423 g/mol. The summed E-state index contributed by atoms with van der Waals surface area (Å²) in [5.74, 6) is 0.0439.